The van der Waals surface area contributed by atoms with Gasteiger partial charge in [0, 0.05) is 31.9 Å². The summed E-state index contributed by atoms with van der Waals surface area (Å²) in [6.45, 7) is 3.08. The Morgan fingerprint density at radius 2 is 1.77 bits per heavy atom. The molecule has 1 fully saturated rings. The highest BCUT2D eigenvalue weighted by Gasteiger charge is 2.34. The zero-order valence-corrected chi connectivity index (χ0v) is 14.6. The quantitative estimate of drug-likeness (QED) is 0.774. The number of benzene rings is 2. The Hall–Kier alpha value is -3.15. The molecule has 26 heavy (non-hydrogen) atoms. The smallest absolute Gasteiger partial charge is 0.275 e. The largest absolute Gasteiger partial charge is 0.339 e. The third-order valence-corrected chi connectivity index (χ3v) is 4.94. The lowest BCUT2D eigenvalue weighted by Gasteiger charge is -2.41. The number of aromatic nitrogens is 2. The minimum absolute atomic E-state index is 0.0308. The predicted octanol–water partition coefficient (Wildman–Crippen LogP) is 2.61. The number of amides is 2. The summed E-state index contributed by atoms with van der Waals surface area (Å²) >= 11 is 0. The molecule has 132 valence electrons. The molecule has 0 unspecified atom stereocenters. The van der Waals surface area contributed by atoms with E-state index in [2.05, 4.69) is 10.2 Å². The number of carbonyl (C=O) groups is 2. The highest BCUT2D eigenvalue weighted by molar-refractivity contribution is 6.04. The summed E-state index contributed by atoms with van der Waals surface area (Å²) in [5.41, 5.74) is 2.29. The average molecular weight is 348 g/mol. The third kappa shape index (κ3) is 2.83. The third-order valence-electron chi connectivity index (χ3n) is 4.94. The number of piperazine rings is 1. The van der Waals surface area contributed by atoms with Crippen LogP contribution < -0.4 is 0 Å². The number of para-hydroxylation sites is 1. The first-order valence-electron chi connectivity index (χ1n) is 8.69. The second kappa shape index (κ2) is 6.63. The number of rotatable bonds is 2. The number of fused-ring (bicyclic) bond motifs is 1. The van der Waals surface area contributed by atoms with Crippen molar-refractivity contribution in [2.45, 2.75) is 13.0 Å². The maximum Gasteiger partial charge on any atom is 0.275 e. The molecule has 4 rings (SSSR count). The lowest BCUT2D eigenvalue weighted by atomic mass is 10.0. The Bertz CT molecular complexity index is 951. The standard InChI is InChI=1S/C20H20N4O2/c1-14(25)23-11-12-24(18(13-23)15-7-3-2-4-8-15)20(26)19-16-9-5-6-10-17(16)21-22-19/h2-10,18H,11-13H2,1H3,(H,21,22)/t18-/m0/s1. The van der Waals surface area contributed by atoms with Crippen LogP contribution in [0.25, 0.3) is 10.9 Å². The van der Waals surface area contributed by atoms with E-state index in [-0.39, 0.29) is 17.9 Å². The Kier molecular flexibility index (Phi) is 4.16. The van der Waals surface area contributed by atoms with Gasteiger partial charge < -0.3 is 9.80 Å². The van der Waals surface area contributed by atoms with Gasteiger partial charge >= 0.3 is 0 Å². The van der Waals surface area contributed by atoms with Crippen LogP contribution in [0.5, 0.6) is 0 Å². The number of hydrogen-bond donors (Lipinski definition) is 1. The van der Waals surface area contributed by atoms with Crippen LogP contribution in [0, 0.1) is 0 Å². The molecule has 1 aliphatic rings. The van der Waals surface area contributed by atoms with Gasteiger partial charge in [-0.05, 0) is 11.6 Å². The van der Waals surface area contributed by atoms with E-state index in [4.69, 9.17) is 0 Å². The van der Waals surface area contributed by atoms with E-state index >= 15 is 0 Å². The molecule has 0 saturated carbocycles. The molecule has 2 heterocycles. The van der Waals surface area contributed by atoms with Crippen LogP contribution in [0.3, 0.4) is 0 Å². The molecule has 1 aliphatic heterocycles. The number of nitrogens with zero attached hydrogens (tertiary/aromatic N) is 3. The van der Waals surface area contributed by atoms with Crippen LogP contribution in [0.15, 0.2) is 54.6 Å². The van der Waals surface area contributed by atoms with E-state index < -0.39 is 0 Å². The fourth-order valence-electron chi connectivity index (χ4n) is 3.54. The molecule has 0 bridgehead atoms. The van der Waals surface area contributed by atoms with Gasteiger partial charge in [0.25, 0.3) is 5.91 Å². The van der Waals surface area contributed by atoms with Crippen LogP contribution in [0.2, 0.25) is 0 Å². The van der Waals surface area contributed by atoms with E-state index in [1.807, 2.05) is 59.5 Å². The minimum atomic E-state index is -0.184. The van der Waals surface area contributed by atoms with Crippen LogP contribution in [0.1, 0.15) is 29.0 Å². The number of nitrogens with one attached hydrogen (secondary N) is 1. The first-order chi connectivity index (χ1) is 12.6. The number of aromatic amines is 1. The summed E-state index contributed by atoms with van der Waals surface area (Å²) in [5, 5.41) is 8.00. The SMILES string of the molecule is CC(=O)N1CCN(C(=O)c2n[nH]c3ccccc23)[C@H](c2ccccc2)C1. The molecule has 0 aliphatic carbocycles. The molecular formula is C20H20N4O2. The summed E-state index contributed by atoms with van der Waals surface area (Å²) in [5.74, 6) is -0.0808. The topological polar surface area (TPSA) is 69.3 Å². The van der Waals surface area contributed by atoms with Gasteiger partial charge in [0.15, 0.2) is 5.69 Å². The fraction of sp³-hybridized carbons (Fsp3) is 0.250. The van der Waals surface area contributed by atoms with Crippen molar-refractivity contribution in [3.63, 3.8) is 0 Å². The van der Waals surface area contributed by atoms with E-state index in [0.29, 0.717) is 25.3 Å². The second-order valence-electron chi connectivity index (χ2n) is 6.51. The van der Waals surface area contributed by atoms with Gasteiger partial charge in [0.1, 0.15) is 0 Å². The molecule has 1 saturated heterocycles. The average Bonchev–Trinajstić information content (AvgIpc) is 3.12. The van der Waals surface area contributed by atoms with E-state index in [9.17, 15) is 9.59 Å². The number of hydrogen-bond acceptors (Lipinski definition) is 3. The minimum Gasteiger partial charge on any atom is -0.339 e. The van der Waals surface area contributed by atoms with Gasteiger partial charge in [-0.15, -0.1) is 0 Å². The lowest BCUT2D eigenvalue weighted by molar-refractivity contribution is -0.131. The molecule has 2 amide bonds. The first-order valence-corrected chi connectivity index (χ1v) is 8.69. The molecule has 6 heteroatoms. The van der Waals surface area contributed by atoms with Gasteiger partial charge in [-0.25, -0.2) is 0 Å². The second-order valence-corrected chi connectivity index (χ2v) is 6.51. The first kappa shape index (κ1) is 16.3. The van der Waals surface area contributed by atoms with Crippen molar-refractivity contribution in [2.24, 2.45) is 0 Å². The summed E-state index contributed by atoms with van der Waals surface area (Å²) in [7, 11) is 0. The van der Waals surface area contributed by atoms with Crippen molar-refractivity contribution in [3.8, 4) is 0 Å². The lowest BCUT2D eigenvalue weighted by Crippen LogP contribution is -2.52. The van der Waals surface area contributed by atoms with Gasteiger partial charge in [-0.2, -0.15) is 5.10 Å². The van der Waals surface area contributed by atoms with Gasteiger partial charge in [-0.1, -0.05) is 48.5 Å². The highest BCUT2D eigenvalue weighted by Crippen LogP contribution is 2.28. The van der Waals surface area contributed by atoms with Crippen LogP contribution in [-0.2, 0) is 4.79 Å². The van der Waals surface area contributed by atoms with Crippen molar-refractivity contribution in [2.75, 3.05) is 19.6 Å². The molecule has 3 aromatic rings. The van der Waals surface area contributed by atoms with Crippen LogP contribution in [0.4, 0.5) is 0 Å². The van der Waals surface area contributed by atoms with E-state index in [0.717, 1.165) is 16.5 Å². The molecule has 1 N–H and O–H groups in total. The summed E-state index contributed by atoms with van der Waals surface area (Å²) in [4.78, 5) is 28.8. The predicted molar refractivity (Wildman–Crippen MR) is 98.6 cm³/mol. The zero-order chi connectivity index (χ0) is 18.1. The molecule has 0 spiro atoms. The van der Waals surface area contributed by atoms with E-state index in [1.165, 1.54) is 0 Å². The van der Waals surface area contributed by atoms with Crippen molar-refractivity contribution in [1.82, 2.24) is 20.0 Å². The molecular weight excluding hydrogens is 328 g/mol. The Morgan fingerprint density at radius 3 is 2.54 bits per heavy atom. The zero-order valence-electron chi connectivity index (χ0n) is 14.6. The van der Waals surface area contributed by atoms with Crippen molar-refractivity contribution >= 4 is 22.7 Å². The summed E-state index contributed by atoms with van der Waals surface area (Å²) < 4.78 is 0. The molecule has 1 atom stereocenters. The van der Waals surface area contributed by atoms with Crippen molar-refractivity contribution < 1.29 is 9.59 Å². The molecule has 2 aromatic carbocycles. The molecule has 0 radical (unpaired) electrons. The van der Waals surface area contributed by atoms with Crippen molar-refractivity contribution in [1.29, 1.82) is 0 Å². The van der Waals surface area contributed by atoms with Gasteiger partial charge in [0.2, 0.25) is 5.91 Å². The number of H-pyrrole nitrogens is 1. The Balaban J connectivity index is 1.71. The maximum atomic E-state index is 13.3. The Morgan fingerprint density at radius 1 is 1.04 bits per heavy atom. The Labute approximate surface area is 151 Å². The van der Waals surface area contributed by atoms with Crippen molar-refractivity contribution in [3.05, 3.63) is 65.9 Å². The normalized spacial score (nSPS) is 17.5. The van der Waals surface area contributed by atoms with Gasteiger partial charge in [0.05, 0.1) is 11.6 Å². The summed E-state index contributed by atoms with van der Waals surface area (Å²) in [6, 6.07) is 17.3. The summed E-state index contributed by atoms with van der Waals surface area (Å²) in [6.07, 6.45) is 0. The molecule has 6 nitrogen and oxygen atoms in total. The van der Waals surface area contributed by atoms with Crippen LogP contribution >= 0.6 is 0 Å². The monoisotopic (exact) mass is 348 g/mol. The highest BCUT2D eigenvalue weighted by atomic mass is 16.2. The van der Waals surface area contributed by atoms with Crippen LogP contribution in [-0.4, -0.2) is 51.4 Å². The fourth-order valence-corrected chi connectivity index (χ4v) is 3.54. The maximum absolute atomic E-state index is 13.3. The molecule has 1 aromatic heterocycles. The van der Waals surface area contributed by atoms with Gasteiger partial charge in [-0.3, -0.25) is 14.7 Å². The van der Waals surface area contributed by atoms with E-state index in [1.54, 1.807) is 11.8 Å². The number of carbonyl (C=O) groups excluding carboxylic acids is 2.